The third-order valence-corrected chi connectivity index (χ3v) is 6.56. The number of fused-ring (bicyclic) bond motifs is 1. The fourth-order valence-corrected chi connectivity index (χ4v) is 4.82. The fraction of sp³-hybridized carbons (Fsp3) is 0.458. The number of amides is 1. The number of anilines is 3. The Morgan fingerprint density at radius 2 is 2.09 bits per heavy atom. The summed E-state index contributed by atoms with van der Waals surface area (Å²) >= 11 is 0. The van der Waals surface area contributed by atoms with Gasteiger partial charge in [-0.25, -0.2) is 4.98 Å². The molecule has 0 unspecified atom stereocenters. The van der Waals surface area contributed by atoms with E-state index in [1.165, 1.54) is 0 Å². The second kappa shape index (κ2) is 9.17. The van der Waals surface area contributed by atoms with Crippen molar-refractivity contribution in [2.45, 2.75) is 52.0 Å². The van der Waals surface area contributed by atoms with Crippen molar-refractivity contribution in [1.82, 2.24) is 30.0 Å². The normalized spacial score (nSPS) is 17.3. The maximum atomic E-state index is 13.1. The monoisotopic (exact) mass is 446 g/mol. The van der Waals surface area contributed by atoms with E-state index in [9.17, 15) is 4.79 Å². The van der Waals surface area contributed by atoms with E-state index in [0.717, 1.165) is 80.2 Å². The zero-order valence-corrected chi connectivity index (χ0v) is 19.2. The molecule has 1 aliphatic heterocycles. The number of hydrogen-bond acceptors (Lipinski definition) is 7. The van der Waals surface area contributed by atoms with Crippen molar-refractivity contribution in [3.8, 4) is 11.4 Å². The van der Waals surface area contributed by atoms with Gasteiger partial charge in [-0.3, -0.25) is 14.9 Å². The summed E-state index contributed by atoms with van der Waals surface area (Å²) in [5, 5.41) is 10.9. The Morgan fingerprint density at radius 1 is 1.21 bits per heavy atom. The molecule has 1 aliphatic carbocycles. The Labute approximate surface area is 193 Å². The second-order valence-electron chi connectivity index (χ2n) is 8.52. The maximum absolute atomic E-state index is 13.1. The Kier molecular flexibility index (Phi) is 5.93. The first-order valence-corrected chi connectivity index (χ1v) is 11.9. The van der Waals surface area contributed by atoms with Gasteiger partial charge in [0, 0.05) is 37.5 Å². The first kappa shape index (κ1) is 21.4. The van der Waals surface area contributed by atoms with Crippen LogP contribution in [0.1, 0.15) is 44.4 Å². The highest BCUT2D eigenvalue weighted by Gasteiger charge is 2.35. The molecule has 1 fully saturated rings. The van der Waals surface area contributed by atoms with Crippen LogP contribution in [0.2, 0.25) is 0 Å². The number of hydrogen-bond donors (Lipinski definition) is 2. The Morgan fingerprint density at radius 3 is 2.88 bits per heavy atom. The van der Waals surface area contributed by atoms with Crippen molar-refractivity contribution in [3.05, 3.63) is 41.7 Å². The molecule has 3 aromatic heterocycles. The highest BCUT2D eigenvalue weighted by Crippen LogP contribution is 2.33. The smallest absolute Gasteiger partial charge is 0.245 e. The molecule has 33 heavy (non-hydrogen) atoms. The van der Waals surface area contributed by atoms with Gasteiger partial charge >= 0.3 is 0 Å². The molecule has 0 saturated carbocycles. The van der Waals surface area contributed by atoms with Crippen molar-refractivity contribution in [2.75, 3.05) is 29.9 Å². The van der Waals surface area contributed by atoms with Gasteiger partial charge in [-0.05, 0) is 58.1 Å². The molecule has 1 amide bonds. The summed E-state index contributed by atoms with van der Waals surface area (Å²) in [4.78, 5) is 31.3. The number of aromatic amines is 1. The van der Waals surface area contributed by atoms with Gasteiger partial charge in [-0.1, -0.05) is 6.07 Å². The first-order chi connectivity index (χ1) is 16.2. The summed E-state index contributed by atoms with van der Waals surface area (Å²) < 4.78 is 0. The topological polar surface area (TPSA) is 103 Å². The van der Waals surface area contributed by atoms with Gasteiger partial charge in [0.2, 0.25) is 11.9 Å². The number of rotatable bonds is 7. The minimum Gasteiger partial charge on any atom is -0.341 e. The SMILES string of the molecule is CCN(CC)C(=O)[C@@H]1CCCN1c1nc2c(c(Nc3cc(-c4ccccn4)[nH]n3)n1)CCC2. The lowest BCUT2D eigenvalue weighted by molar-refractivity contribution is -0.132. The number of H-pyrrole nitrogens is 1. The Balaban J connectivity index is 1.43. The van der Waals surface area contributed by atoms with Crippen LogP contribution in [0.25, 0.3) is 11.4 Å². The van der Waals surface area contributed by atoms with E-state index in [0.29, 0.717) is 11.8 Å². The molecule has 3 aromatic rings. The minimum absolute atomic E-state index is 0.170. The molecule has 0 bridgehead atoms. The molecule has 0 aromatic carbocycles. The molecule has 2 N–H and O–H groups in total. The summed E-state index contributed by atoms with van der Waals surface area (Å²) in [5.41, 5.74) is 3.89. The van der Waals surface area contributed by atoms with Crippen molar-refractivity contribution in [1.29, 1.82) is 0 Å². The van der Waals surface area contributed by atoms with Gasteiger partial charge in [-0.15, -0.1) is 0 Å². The largest absolute Gasteiger partial charge is 0.341 e. The average Bonchev–Trinajstić information content (AvgIpc) is 3.60. The molecular formula is C24H30N8O. The molecule has 5 rings (SSSR count). The van der Waals surface area contributed by atoms with Crippen LogP contribution in [0.15, 0.2) is 30.5 Å². The zero-order valence-electron chi connectivity index (χ0n) is 19.2. The quantitative estimate of drug-likeness (QED) is 0.574. The lowest BCUT2D eigenvalue weighted by Crippen LogP contribution is -2.46. The van der Waals surface area contributed by atoms with Gasteiger partial charge in [0.05, 0.1) is 17.1 Å². The average molecular weight is 447 g/mol. The second-order valence-corrected chi connectivity index (χ2v) is 8.52. The van der Waals surface area contributed by atoms with Crippen molar-refractivity contribution in [2.24, 2.45) is 0 Å². The number of carbonyl (C=O) groups is 1. The lowest BCUT2D eigenvalue weighted by Gasteiger charge is -2.29. The third kappa shape index (κ3) is 4.15. The maximum Gasteiger partial charge on any atom is 0.245 e. The number of likely N-dealkylation sites (N-methyl/N-ethyl adjacent to an activating group) is 1. The number of carbonyl (C=O) groups excluding carboxylic acids is 1. The molecular weight excluding hydrogens is 416 g/mol. The van der Waals surface area contributed by atoms with Gasteiger partial charge in [-0.2, -0.15) is 10.1 Å². The molecule has 1 atom stereocenters. The van der Waals surface area contributed by atoms with Gasteiger partial charge in [0.1, 0.15) is 11.9 Å². The lowest BCUT2D eigenvalue weighted by atomic mass is 10.2. The molecule has 172 valence electrons. The van der Waals surface area contributed by atoms with Gasteiger partial charge in [0.15, 0.2) is 5.82 Å². The predicted octanol–water partition coefficient (Wildman–Crippen LogP) is 3.33. The predicted molar refractivity (Wildman–Crippen MR) is 127 cm³/mol. The highest BCUT2D eigenvalue weighted by atomic mass is 16.2. The van der Waals surface area contributed by atoms with Crippen LogP contribution in [0.5, 0.6) is 0 Å². The van der Waals surface area contributed by atoms with Crippen molar-refractivity contribution in [3.63, 3.8) is 0 Å². The first-order valence-electron chi connectivity index (χ1n) is 11.9. The molecule has 9 heteroatoms. The van der Waals surface area contributed by atoms with E-state index >= 15 is 0 Å². The van der Waals surface area contributed by atoms with E-state index in [1.54, 1.807) is 6.20 Å². The summed E-state index contributed by atoms with van der Waals surface area (Å²) in [6, 6.07) is 7.53. The number of aromatic nitrogens is 5. The molecule has 4 heterocycles. The summed E-state index contributed by atoms with van der Waals surface area (Å²) in [6.45, 7) is 6.28. The molecule has 1 saturated heterocycles. The molecule has 9 nitrogen and oxygen atoms in total. The summed E-state index contributed by atoms with van der Waals surface area (Å²) in [5.74, 6) is 2.28. The minimum atomic E-state index is -0.196. The highest BCUT2D eigenvalue weighted by molar-refractivity contribution is 5.85. The number of nitrogens with zero attached hydrogens (tertiary/aromatic N) is 6. The Bertz CT molecular complexity index is 1120. The van der Waals surface area contributed by atoms with Crippen LogP contribution < -0.4 is 10.2 Å². The van der Waals surface area contributed by atoms with E-state index < -0.39 is 0 Å². The number of aryl methyl sites for hydroxylation is 1. The van der Waals surface area contributed by atoms with Gasteiger partial charge in [0.25, 0.3) is 0 Å². The van der Waals surface area contributed by atoms with Gasteiger partial charge < -0.3 is 15.1 Å². The van der Waals surface area contributed by atoms with E-state index in [2.05, 4.69) is 25.4 Å². The van der Waals surface area contributed by atoms with Crippen molar-refractivity contribution >= 4 is 23.5 Å². The summed E-state index contributed by atoms with van der Waals surface area (Å²) in [7, 11) is 0. The van der Waals surface area contributed by atoms with E-state index in [4.69, 9.17) is 9.97 Å². The standard InChI is InChI=1S/C24H30N8O/c1-3-31(4-2)23(33)20-12-8-14-32(20)24-26-17-11-7-9-16(17)22(28-24)27-21-15-19(29-30-21)18-10-5-6-13-25-18/h5-6,10,13,15,20H,3-4,7-9,11-12,14H2,1-2H3,(H2,26,27,28,29,30)/t20-/m0/s1. The van der Waals surface area contributed by atoms with E-state index in [-0.39, 0.29) is 11.9 Å². The molecule has 0 radical (unpaired) electrons. The summed E-state index contributed by atoms with van der Waals surface area (Å²) in [6.07, 6.45) is 6.50. The van der Waals surface area contributed by atoms with Crippen LogP contribution in [-0.2, 0) is 17.6 Å². The zero-order chi connectivity index (χ0) is 22.8. The van der Waals surface area contributed by atoms with Crippen LogP contribution in [0, 0.1) is 0 Å². The van der Waals surface area contributed by atoms with Crippen LogP contribution in [-0.4, -0.2) is 61.6 Å². The third-order valence-electron chi connectivity index (χ3n) is 6.56. The number of pyridine rings is 1. The fourth-order valence-electron chi connectivity index (χ4n) is 4.82. The van der Waals surface area contributed by atoms with E-state index in [1.807, 2.05) is 43.0 Å². The molecule has 2 aliphatic rings. The van der Waals surface area contributed by atoms with Crippen LogP contribution in [0.4, 0.5) is 17.6 Å². The number of nitrogens with one attached hydrogen (secondary N) is 2. The van der Waals surface area contributed by atoms with Crippen LogP contribution in [0.3, 0.4) is 0 Å². The molecule has 0 spiro atoms. The van der Waals surface area contributed by atoms with Crippen molar-refractivity contribution < 1.29 is 4.79 Å². The Hall–Kier alpha value is -3.49. The van der Waals surface area contributed by atoms with Crippen LogP contribution >= 0.6 is 0 Å².